The Bertz CT molecular complexity index is 2090. The van der Waals surface area contributed by atoms with Crippen molar-refractivity contribution in [3.05, 3.63) is 117 Å². The summed E-state index contributed by atoms with van der Waals surface area (Å²) in [6, 6.07) is 19.4. The molecule has 0 saturated carbocycles. The standard InChI is InChI=1S/C48H54N4O6/c1-5-9-15-29(7-3)25-49-27-39(53)51-37-23-21-31(41-43(37)47(57)35-19-13-11-17-33(35)45(41)55)32-22-24-38(52-40(54)28-50-26-30(8-4)16-10-6-2)44-42(32)46(56)34-18-12-14-20-36(34)48(44)58/h11-14,17-24,29-30,49-50H,5-10,15-16,25-28H2,1-4H3,(H,51,53)(H,52,54). The second-order valence-corrected chi connectivity index (χ2v) is 15.4. The van der Waals surface area contributed by atoms with Gasteiger partial charge in [0.1, 0.15) is 0 Å². The average Bonchev–Trinajstić information content (AvgIpc) is 3.24. The van der Waals surface area contributed by atoms with Gasteiger partial charge in [0, 0.05) is 33.4 Å². The molecule has 0 saturated heterocycles. The van der Waals surface area contributed by atoms with Gasteiger partial charge in [0.05, 0.1) is 35.6 Å². The molecule has 2 aliphatic rings. The first-order valence-corrected chi connectivity index (χ1v) is 20.9. The fourth-order valence-electron chi connectivity index (χ4n) is 8.16. The average molecular weight is 783 g/mol. The lowest BCUT2D eigenvalue weighted by atomic mass is 9.75. The van der Waals surface area contributed by atoms with Crippen molar-refractivity contribution in [2.24, 2.45) is 11.8 Å². The zero-order valence-electron chi connectivity index (χ0n) is 34.0. The molecule has 10 heteroatoms. The number of ketones is 4. The summed E-state index contributed by atoms with van der Waals surface area (Å²) in [5.74, 6) is -1.65. The van der Waals surface area contributed by atoms with Crippen LogP contribution in [-0.4, -0.2) is 61.1 Å². The van der Waals surface area contributed by atoms with E-state index >= 15 is 0 Å². The summed E-state index contributed by atoms with van der Waals surface area (Å²) in [6.45, 7) is 9.97. The normalized spacial score (nSPS) is 13.9. The van der Waals surface area contributed by atoms with Gasteiger partial charge in [-0.15, -0.1) is 0 Å². The Kier molecular flexibility index (Phi) is 13.9. The maximum Gasteiger partial charge on any atom is 0.238 e. The van der Waals surface area contributed by atoms with Crippen LogP contribution in [0.3, 0.4) is 0 Å². The number of amides is 2. The lowest BCUT2D eigenvalue weighted by Crippen LogP contribution is -2.33. The van der Waals surface area contributed by atoms with Gasteiger partial charge in [0.2, 0.25) is 11.8 Å². The number of fused-ring (bicyclic) bond motifs is 4. The Hall–Kier alpha value is -5.58. The summed E-state index contributed by atoms with van der Waals surface area (Å²) in [5.41, 5.74) is 1.75. The van der Waals surface area contributed by atoms with E-state index in [9.17, 15) is 28.8 Å². The van der Waals surface area contributed by atoms with Gasteiger partial charge >= 0.3 is 0 Å². The largest absolute Gasteiger partial charge is 0.324 e. The lowest BCUT2D eigenvalue weighted by Gasteiger charge is -2.27. The maximum atomic E-state index is 14.5. The Morgan fingerprint density at radius 3 is 1.14 bits per heavy atom. The third-order valence-corrected chi connectivity index (χ3v) is 11.5. The van der Waals surface area contributed by atoms with Crippen molar-refractivity contribution in [1.82, 2.24) is 10.6 Å². The molecule has 10 nitrogen and oxygen atoms in total. The van der Waals surface area contributed by atoms with Crippen molar-refractivity contribution in [2.75, 3.05) is 36.8 Å². The Morgan fingerprint density at radius 1 is 0.466 bits per heavy atom. The summed E-state index contributed by atoms with van der Waals surface area (Å²) >= 11 is 0. The Morgan fingerprint density at radius 2 is 0.810 bits per heavy atom. The Balaban J connectivity index is 1.39. The third-order valence-electron chi connectivity index (χ3n) is 11.5. The molecule has 0 spiro atoms. The molecule has 0 radical (unpaired) electrons. The van der Waals surface area contributed by atoms with Crippen LogP contribution in [0.4, 0.5) is 11.4 Å². The predicted molar refractivity (Wildman–Crippen MR) is 228 cm³/mol. The first-order chi connectivity index (χ1) is 28.1. The number of hydrogen-bond acceptors (Lipinski definition) is 8. The van der Waals surface area contributed by atoms with E-state index in [2.05, 4.69) is 49.0 Å². The molecule has 2 atom stereocenters. The van der Waals surface area contributed by atoms with Gasteiger partial charge in [0.15, 0.2) is 23.1 Å². The number of unbranched alkanes of at least 4 members (excludes halogenated alkanes) is 2. The molecule has 0 aromatic heterocycles. The molecule has 0 aliphatic heterocycles. The van der Waals surface area contributed by atoms with Crippen molar-refractivity contribution in [2.45, 2.75) is 79.1 Å². The van der Waals surface area contributed by atoms with E-state index in [4.69, 9.17) is 0 Å². The van der Waals surface area contributed by atoms with Gasteiger partial charge in [-0.05, 0) is 61.0 Å². The zero-order chi connectivity index (χ0) is 41.3. The SMILES string of the molecule is CCCCC(CC)CNCC(=O)Nc1ccc(-c2ccc(NC(=O)CNCC(CC)CCCC)c3c2C(=O)c2ccccc2C3=O)c2c1C(=O)c1ccccc1C2=O. The number of carbonyl (C=O) groups is 6. The highest BCUT2D eigenvalue weighted by Crippen LogP contribution is 2.43. The molecule has 2 unspecified atom stereocenters. The molecule has 0 heterocycles. The predicted octanol–water partition coefficient (Wildman–Crippen LogP) is 8.39. The summed E-state index contributed by atoms with van der Waals surface area (Å²) < 4.78 is 0. The minimum absolute atomic E-state index is 0.0143. The first kappa shape index (κ1) is 42.0. The summed E-state index contributed by atoms with van der Waals surface area (Å²) in [4.78, 5) is 84.4. The van der Waals surface area contributed by atoms with Gasteiger partial charge in [-0.25, -0.2) is 0 Å². The number of hydrogen-bond donors (Lipinski definition) is 4. The number of rotatable bonds is 19. The van der Waals surface area contributed by atoms with Crippen LogP contribution in [0.1, 0.15) is 143 Å². The van der Waals surface area contributed by atoms with Crippen LogP contribution in [0.5, 0.6) is 0 Å². The lowest BCUT2D eigenvalue weighted by molar-refractivity contribution is -0.116. The van der Waals surface area contributed by atoms with Gasteiger partial charge in [-0.2, -0.15) is 0 Å². The van der Waals surface area contributed by atoms with Crippen molar-refractivity contribution in [3.63, 3.8) is 0 Å². The van der Waals surface area contributed by atoms with Crippen LogP contribution >= 0.6 is 0 Å². The maximum absolute atomic E-state index is 14.5. The molecule has 0 fully saturated rings. The molecule has 4 aromatic carbocycles. The quantitative estimate of drug-likeness (QED) is 0.0640. The molecule has 2 aliphatic carbocycles. The van der Waals surface area contributed by atoms with Crippen LogP contribution in [0.15, 0.2) is 72.8 Å². The molecule has 4 aromatic rings. The van der Waals surface area contributed by atoms with Gasteiger partial charge in [-0.3, -0.25) is 28.8 Å². The van der Waals surface area contributed by atoms with Crippen molar-refractivity contribution in [1.29, 1.82) is 0 Å². The monoisotopic (exact) mass is 782 g/mol. The van der Waals surface area contributed by atoms with Gasteiger partial charge in [-0.1, -0.05) is 127 Å². The van der Waals surface area contributed by atoms with Gasteiger partial charge in [0.25, 0.3) is 0 Å². The summed E-state index contributed by atoms with van der Waals surface area (Å²) in [5, 5.41) is 12.2. The number of benzene rings is 4. The van der Waals surface area contributed by atoms with Crippen LogP contribution in [-0.2, 0) is 9.59 Å². The molecular formula is C48H54N4O6. The van der Waals surface area contributed by atoms with Crippen LogP contribution in [0, 0.1) is 11.8 Å². The second-order valence-electron chi connectivity index (χ2n) is 15.4. The molecule has 58 heavy (non-hydrogen) atoms. The fourth-order valence-corrected chi connectivity index (χ4v) is 8.16. The van der Waals surface area contributed by atoms with Crippen molar-refractivity contribution < 1.29 is 28.8 Å². The number of carbonyl (C=O) groups excluding carboxylic acids is 6. The van der Waals surface area contributed by atoms with E-state index in [0.717, 1.165) is 51.4 Å². The smallest absolute Gasteiger partial charge is 0.238 e. The van der Waals surface area contributed by atoms with Crippen LogP contribution < -0.4 is 21.3 Å². The van der Waals surface area contributed by atoms with Crippen LogP contribution in [0.2, 0.25) is 0 Å². The summed E-state index contributed by atoms with van der Waals surface area (Å²) in [7, 11) is 0. The minimum Gasteiger partial charge on any atom is -0.324 e. The molecule has 4 N–H and O–H groups in total. The van der Waals surface area contributed by atoms with E-state index in [1.807, 2.05) is 0 Å². The van der Waals surface area contributed by atoms with Crippen LogP contribution in [0.25, 0.3) is 11.1 Å². The van der Waals surface area contributed by atoms with E-state index < -0.39 is 23.1 Å². The highest BCUT2D eigenvalue weighted by atomic mass is 16.2. The molecule has 2 amide bonds. The molecule has 0 bridgehead atoms. The summed E-state index contributed by atoms with van der Waals surface area (Å²) in [6.07, 6.45) is 8.56. The van der Waals surface area contributed by atoms with E-state index in [0.29, 0.717) is 24.9 Å². The van der Waals surface area contributed by atoms with E-state index in [-0.39, 0.29) is 91.9 Å². The number of nitrogens with one attached hydrogen (secondary N) is 4. The second kappa shape index (κ2) is 19.2. The van der Waals surface area contributed by atoms with Gasteiger partial charge < -0.3 is 21.3 Å². The molecular weight excluding hydrogens is 729 g/mol. The molecule has 6 rings (SSSR count). The first-order valence-electron chi connectivity index (χ1n) is 20.9. The number of anilines is 2. The third kappa shape index (κ3) is 8.78. The van der Waals surface area contributed by atoms with Crippen molar-refractivity contribution >= 4 is 46.3 Å². The van der Waals surface area contributed by atoms with E-state index in [1.54, 1.807) is 72.8 Å². The highest BCUT2D eigenvalue weighted by molar-refractivity contribution is 6.35. The van der Waals surface area contributed by atoms with E-state index in [1.165, 1.54) is 0 Å². The topological polar surface area (TPSA) is 151 Å². The molecule has 302 valence electrons. The fraction of sp³-hybridized carbons (Fsp3) is 0.375. The Labute approximate surface area is 341 Å². The minimum atomic E-state index is -0.451. The van der Waals surface area contributed by atoms with Crippen molar-refractivity contribution in [3.8, 4) is 11.1 Å². The zero-order valence-corrected chi connectivity index (χ0v) is 34.0. The highest BCUT2D eigenvalue weighted by Gasteiger charge is 2.38.